The second-order valence-electron chi connectivity index (χ2n) is 5.40. The summed E-state index contributed by atoms with van der Waals surface area (Å²) in [5.74, 6) is 2.02. The molecule has 2 aromatic heterocycles. The van der Waals surface area contributed by atoms with E-state index < -0.39 is 0 Å². The van der Waals surface area contributed by atoms with Crippen LogP contribution in [0.1, 0.15) is 45.9 Å². The van der Waals surface area contributed by atoms with Gasteiger partial charge in [-0.2, -0.15) is 4.52 Å². The van der Waals surface area contributed by atoms with E-state index in [4.69, 9.17) is 4.74 Å². The van der Waals surface area contributed by atoms with Gasteiger partial charge in [-0.25, -0.2) is 0 Å². The van der Waals surface area contributed by atoms with Crippen LogP contribution in [-0.4, -0.2) is 39.1 Å². The normalized spacial score (nSPS) is 11.7. The molecule has 110 valence electrons. The zero-order valence-corrected chi connectivity index (χ0v) is 12.6. The summed E-state index contributed by atoms with van der Waals surface area (Å²) in [6.45, 7) is 9.86. The predicted molar refractivity (Wildman–Crippen MR) is 79.1 cm³/mol. The van der Waals surface area contributed by atoms with Gasteiger partial charge in [0, 0.05) is 19.1 Å². The van der Waals surface area contributed by atoms with E-state index in [1.807, 2.05) is 26.0 Å². The second kappa shape index (κ2) is 6.65. The van der Waals surface area contributed by atoms with Gasteiger partial charge in [-0.1, -0.05) is 13.8 Å². The molecule has 0 aliphatic rings. The van der Waals surface area contributed by atoms with Crippen LogP contribution in [0, 0.1) is 0 Å². The Morgan fingerprint density at radius 1 is 1.20 bits per heavy atom. The van der Waals surface area contributed by atoms with Crippen LogP contribution < -0.4 is 5.32 Å². The number of fused-ring (bicyclic) bond motifs is 1. The number of hydrogen-bond donors (Lipinski definition) is 1. The van der Waals surface area contributed by atoms with Gasteiger partial charge in [0.25, 0.3) is 0 Å². The highest BCUT2D eigenvalue weighted by atomic mass is 16.5. The Balaban J connectivity index is 1.95. The van der Waals surface area contributed by atoms with Crippen molar-refractivity contribution in [3.63, 3.8) is 0 Å². The van der Waals surface area contributed by atoms with Crippen LogP contribution in [0.3, 0.4) is 0 Å². The Morgan fingerprint density at radius 3 is 2.70 bits per heavy atom. The average Bonchev–Trinajstić information content (AvgIpc) is 2.81. The van der Waals surface area contributed by atoms with Gasteiger partial charge in [-0.3, -0.25) is 0 Å². The molecule has 0 aromatic carbocycles. The summed E-state index contributed by atoms with van der Waals surface area (Å²) in [6.07, 6.45) is 1.24. The minimum Gasteiger partial charge on any atom is -0.379 e. The molecule has 2 rings (SSSR count). The quantitative estimate of drug-likeness (QED) is 0.788. The lowest BCUT2D eigenvalue weighted by Gasteiger charge is -2.09. The average molecular weight is 277 g/mol. The number of nitrogens with zero attached hydrogens (tertiary/aromatic N) is 4. The number of hydrogen-bond acceptors (Lipinski definition) is 5. The fourth-order valence-electron chi connectivity index (χ4n) is 1.87. The van der Waals surface area contributed by atoms with Crippen molar-refractivity contribution in [2.24, 2.45) is 0 Å². The van der Waals surface area contributed by atoms with E-state index in [9.17, 15) is 0 Å². The van der Waals surface area contributed by atoms with Gasteiger partial charge in [0.15, 0.2) is 11.5 Å². The highest BCUT2D eigenvalue weighted by molar-refractivity contribution is 5.44. The van der Waals surface area contributed by atoms with Crippen molar-refractivity contribution >= 4 is 11.5 Å². The Morgan fingerprint density at radius 2 is 2.00 bits per heavy atom. The summed E-state index contributed by atoms with van der Waals surface area (Å²) in [4.78, 5) is 0. The summed E-state index contributed by atoms with van der Waals surface area (Å²) in [6, 6.07) is 3.86. The predicted octanol–water partition coefficient (Wildman–Crippen LogP) is 2.47. The monoisotopic (exact) mass is 277 g/mol. The zero-order valence-electron chi connectivity index (χ0n) is 12.6. The van der Waals surface area contributed by atoms with E-state index in [-0.39, 0.29) is 6.10 Å². The van der Waals surface area contributed by atoms with Crippen molar-refractivity contribution in [3.05, 3.63) is 18.0 Å². The number of rotatable bonds is 7. The molecule has 0 saturated heterocycles. The molecule has 6 heteroatoms. The standard InChI is InChI=1S/C14H23N5O/c1-10(2)14-17-16-13-7-6-12(18-19(13)14)15-8-5-9-20-11(3)4/h6-7,10-11H,5,8-9H2,1-4H3,(H,15,18). The third kappa shape index (κ3) is 3.66. The fraction of sp³-hybridized carbons (Fsp3) is 0.643. The zero-order chi connectivity index (χ0) is 14.5. The first-order chi connectivity index (χ1) is 9.58. The van der Waals surface area contributed by atoms with Crippen molar-refractivity contribution in [1.82, 2.24) is 19.8 Å². The third-order valence-electron chi connectivity index (χ3n) is 2.88. The van der Waals surface area contributed by atoms with Crippen molar-refractivity contribution in [2.45, 2.75) is 46.1 Å². The van der Waals surface area contributed by atoms with Crippen LogP contribution in [0.5, 0.6) is 0 Å². The number of ether oxygens (including phenoxy) is 1. The molecule has 0 fully saturated rings. The van der Waals surface area contributed by atoms with E-state index in [0.717, 1.165) is 36.9 Å². The molecule has 0 amide bonds. The first kappa shape index (κ1) is 14.7. The fourth-order valence-corrected chi connectivity index (χ4v) is 1.87. The summed E-state index contributed by atoms with van der Waals surface area (Å²) in [5, 5.41) is 16.1. The van der Waals surface area contributed by atoms with Crippen LogP contribution in [0.25, 0.3) is 5.65 Å². The number of anilines is 1. The van der Waals surface area contributed by atoms with Crippen molar-refractivity contribution in [2.75, 3.05) is 18.5 Å². The van der Waals surface area contributed by atoms with Crippen LogP contribution >= 0.6 is 0 Å². The van der Waals surface area contributed by atoms with Crippen molar-refractivity contribution < 1.29 is 4.74 Å². The summed E-state index contributed by atoms with van der Waals surface area (Å²) in [5.41, 5.74) is 0.780. The summed E-state index contributed by atoms with van der Waals surface area (Å²) in [7, 11) is 0. The lowest BCUT2D eigenvalue weighted by atomic mass is 10.2. The maximum Gasteiger partial charge on any atom is 0.178 e. The molecular weight excluding hydrogens is 254 g/mol. The van der Waals surface area contributed by atoms with Gasteiger partial charge in [0.1, 0.15) is 5.82 Å². The van der Waals surface area contributed by atoms with E-state index in [0.29, 0.717) is 5.92 Å². The molecule has 0 bridgehead atoms. The largest absolute Gasteiger partial charge is 0.379 e. The van der Waals surface area contributed by atoms with E-state index in [2.05, 4.69) is 34.5 Å². The minimum atomic E-state index is 0.287. The highest BCUT2D eigenvalue weighted by Crippen LogP contribution is 2.13. The van der Waals surface area contributed by atoms with Crippen LogP contribution in [0.2, 0.25) is 0 Å². The van der Waals surface area contributed by atoms with Crippen molar-refractivity contribution in [1.29, 1.82) is 0 Å². The lowest BCUT2D eigenvalue weighted by molar-refractivity contribution is 0.0787. The number of nitrogens with one attached hydrogen (secondary N) is 1. The molecule has 0 unspecified atom stereocenters. The van der Waals surface area contributed by atoms with Gasteiger partial charge < -0.3 is 10.1 Å². The molecule has 0 atom stereocenters. The SMILES string of the molecule is CC(C)OCCCNc1ccc2nnc(C(C)C)n2n1. The molecular formula is C14H23N5O. The molecule has 0 aliphatic carbocycles. The van der Waals surface area contributed by atoms with E-state index >= 15 is 0 Å². The van der Waals surface area contributed by atoms with Gasteiger partial charge >= 0.3 is 0 Å². The van der Waals surface area contributed by atoms with Gasteiger partial charge in [-0.05, 0) is 32.4 Å². The van der Waals surface area contributed by atoms with E-state index in [1.54, 1.807) is 4.52 Å². The van der Waals surface area contributed by atoms with Gasteiger partial charge in [-0.15, -0.1) is 15.3 Å². The van der Waals surface area contributed by atoms with Gasteiger partial charge in [0.2, 0.25) is 0 Å². The third-order valence-corrected chi connectivity index (χ3v) is 2.88. The Kier molecular flexibility index (Phi) is 4.89. The summed E-state index contributed by atoms with van der Waals surface area (Å²) >= 11 is 0. The smallest absolute Gasteiger partial charge is 0.178 e. The molecule has 0 aliphatic heterocycles. The molecule has 2 heterocycles. The maximum absolute atomic E-state index is 5.50. The Labute approximate surface area is 119 Å². The van der Waals surface area contributed by atoms with Crippen LogP contribution in [-0.2, 0) is 4.74 Å². The van der Waals surface area contributed by atoms with Crippen LogP contribution in [0.15, 0.2) is 12.1 Å². The summed E-state index contributed by atoms with van der Waals surface area (Å²) < 4.78 is 7.31. The minimum absolute atomic E-state index is 0.287. The van der Waals surface area contributed by atoms with E-state index in [1.165, 1.54) is 0 Å². The molecule has 0 radical (unpaired) electrons. The van der Waals surface area contributed by atoms with Crippen molar-refractivity contribution in [3.8, 4) is 0 Å². The topological polar surface area (TPSA) is 64.3 Å². The maximum atomic E-state index is 5.50. The highest BCUT2D eigenvalue weighted by Gasteiger charge is 2.10. The Hall–Kier alpha value is -1.69. The lowest BCUT2D eigenvalue weighted by Crippen LogP contribution is -2.11. The molecule has 0 saturated carbocycles. The molecule has 2 aromatic rings. The Bertz CT molecular complexity index is 549. The first-order valence-electron chi connectivity index (χ1n) is 7.15. The number of aromatic nitrogens is 4. The molecule has 6 nitrogen and oxygen atoms in total. The van der Waals surface area contributed by atoms with Gasteiger partial charge in [0.05, 0.1) is 6.10 Å². The molecule has 20 heavy (non-hydrogen) atoms. The second-order valence-corrected chi connectivity index (χ2v) is 5.40. The molecule has 0 spiro atoms. The first-order valence-corrected chi connectivity index (χ1v) is 7.15. The molecule has 1 N–H and O–H groups in total. The van der Waals surface area contributed by atoms with Crippen LogP contribution in [0.4, 0.5) is 5.82 Å².